The number of nitrogens with zero attached hydrogens (tertiary/aromatic N) is 2. The summed E-state index contributed by atoms with van der Waals surface area (Å²) < 4.78 is 0. The van der Waals surface area contributed by atoms with Gasteiger partial charge in [-0.1, -0.05) is 24.3 Å². The molecule has 0 saturated carbocycles. The van der Waals surface area contributed by atoms with E-state index in [4.69, 9.17) is 0 Å². The van der Waals surface area contributed by atoms with Gasteiger partial charge in [0.25, 0.3) is 0 Å². The Morgan fingerprint density at radius 1 is 1.13 bits per heavy atom. The zero-order chi connectivity index (χ0) is 10.7. The van der Waals surface area contributed by atoms with Crippen molar-refractivity contribution in [3.05, 3.63) is 47.9 Å². The van der Waals surface area contributed by atoms with Crippen molar-refractivity contribution in [2.75, 3.05) is 0 Å². The third-order valence-electron chi connectivity index (χ3n) is 2.22. The van der Waals surface area contributed by atoms with Crippen LogP contribution in [0.3, 0.4) is 0 Å². The zero-order valence-electron chi connectivity index (χ0n) is 8.34. The van der Waals surface area contributed by atoms with E-state index >= 15 is 0 Å². The third kappa shape index (κ3) is 1.76. The summed E-state index contributed by atoms with van der Waals surface area (Å²) in [5.41, 5.74) is 3.06. The number of aryl methyl sites for hydroxylation is 1. The van der Waals surface area contributed by atoms with Gasteiger partial charge in [-0.2, -0.15) is 0 Å². The van der Waals surface area contributed by atoms with Gasteiger partial charge in [-0.25, -0.2) is 0 Å². The molecule has 1 aromatic carbocycles. The van der Waals surface area contributed by atoms with E-state index in [1.54, 1.807) is 18.5 Å². The normalized spacial score (nSPS) is 9.93. The molecule has 0 aliphatic heterocycles. The van der Waals surface area contributed by atoms with Crippen molar-refractivity contribution < 1.29 is 4.79 Å². The lowest BCUT2D eigenvalue weighted by atomic mass is 10.0. The molecule has 2 aromatic rings. The van der Waals surface area contributed by atoms with Crippen molar-refractivity contribution in [1.82, 2.24) is 9.97 Å². The van der Waals surface area contributed by atoms with Crippen LogP contribution >= 0.6 is 0 Å². The maximum Gasteiger partial charge on any atom is 0.150 e. The molecule has 0 bridgehead atoms. The Bertz CT molecular complexity index is 494. The van der Waals surface area contributed by atoms with Crippen LogP contribution in [0.2, 0.25) is 0 Å². The van der Waals surface area contributed by atoms with Crippen LogP contribution in [-0.4, -0.2) is 16.3 Å². The fraction of sp³-hybridized carbons (Fsp3) is 0.0833. The number of hydrogen-bond donors (Lipinski definition) is 0. The summed E-state index contributed by atoms with van der Waals surface area (Å²) in [6.07, 6.45) is 4.11. The maximum atomic E-state index is 10.9. The molecule has 2 rings (SSSR count). The number of carbonyl (C=O) groups excluding carboxylic acids is 1. The van der Waals surface area contributed by atoms with E-state index in [0.29, 0.717) is 5.56 Å². The van der Waals surface area contributed by atoms with Crippen LogP contribution in [0.25, 0.3) is 11.3 Å². The monoisotopic (exact) mass is 198 g/mol. The van der Waals surface area contributed by atoms with E-state index < -0.39 is 0 Å². The van der Waals surface area contributed by atoms with Crippen LogP contribution < -0.4 is 0 Å². The summed E-state index contributed by atoms with van der Waals surface area (Å²) in [5, 5.41) is 0. The molecule has 1 heterocycles. The van der Waals surface area contributed by atoms with Crippen molar-refractivity contribution in [1.29, 1.82) is 0 Å². The summed E-state index contributed by atoms with van der Waals surface area (Å²) in [7, 11) is 0. The van der Waals surface area contributed by atoms with E-state index in [2.05, 4.69) is 9.97 Å². The molecule has 0 aliphatic rings. The van der Waals surface area contributed by atoms with E-state index in [-0.39, 0.29) is 0 Å². The summed E-state index contributed by atoms with van der Waals surface area (Å²) in [6.45, 7) is 1.88. The van der Waals surface area contributed by atoms with Crippen LogP contribution in [0.1, 0.15) is 16.1 Å². The predicted octanol–water partition coefficient (Wildman–Crippen LogP) is 2.26. The maximum absolute atomic E-state index is 10.9. The molecular formula is C12H10N2O. The van der Waals surface area contributed by atoms with Gasteiger partial charge in [0.05, 0.1) is 11.4 Å². The fourth-order valence-corrected chi connectivity index (χ4v) is 1.49. The quantitative estimate of drug-likeness (QED) is 0.695. The first kappa shape index (κ1) is 9.52. The number of rotatable bonds is 2. The van der Waals surface area contributed by atoms with Gasteiger partial charge in [-0.3, -0.25) is 14.8 Å². The van der Waals surface area contributed by atoms with Gasteiger partial charge in [-0.15, -0.1) is 0 Å². The zero-order valence-corrected chi connectivity index (χ0v) is 8.34. The molecule has 0 spiro atoms. The molecule has 0 unspecified atom stereocenters. The SMILES string of the molecule is Cc1nccnc1-c1ccccc1C=O. The standard InChI is InChI=1S/C12H10N2O/c1-9-12(14-7-6-13-9)11-5-3-2-4-10(11)8-15/h2-8H,1H3. The second kappa shape index (κ2) is 4.00. The van der Waals surface area contributed by atoms with Crippen molar-refractivity contribution in [2.24, 2.45) is 0 Å². The minimum Gasteiger partial charge on any atom is -0.298 e. The molecule has 0 saturated heterocycles. The van der Waals surface area contributed by atoms with Crippen molar-refractivity contribution >= 4 is 6.29 Å². The Hall–Kier alpha value is -2.03. The highest BCUT2D eigenvalue weighted by Gasteiger charge is 2.07. The molecule has 0 amide bonds. The lowest BCUT2D eigenvalue weighted by Gasteiger charge is -2.05. The molecule has 0 radical (unpaired) electrons. The highest BCUT2D eigenvalue weighted by Crippen LogP contribution is 2.21. The van der Waals surface area contributed by atoms with Gasteiger partial charge >= 0.3 is 0 Å². The van der Waals surface area contributed by atoms with E-state index in [9.17, 15) is 4.79 Å². The lowest BCUT2D eigenvalue weighted by Crippen LogP contribution is -1.94. The van der Waals surface area contributed by atoms with Crippen LogP contribution in [-0.2, 0) is 0 Å². The van der Waals surface area contributed by atoms with Crippen LogP contribution in [0.15, 0.2) is 36.7 Å². The van der Waals surface area contributed by atoms with Crippen molar-refractivity contribution in [3.8, 4) is 11.3 Å². The van der Waals surface area contributed by atoms with Gasteiger partial charge in [0.1, 0.15) is 0 Å². The van der Waals surface area contributed by atoms with Crippen LogP contribution in [0.5, 0.6) is 0 Å². The number of hydrogen-bond acceptors (Lipinski definition) is 3. The molecule has 1 aromatic heterocycles. The highest BCUT2D eigenvalue weighted by molar-refractivity contribution is 5.86. The second-order valence-electron chi connectivity index (χ2n) is 3.20. The Morgan fingerprint density at radius 2 is 1.87 bits per heavy atom. The Kier molecular flexibility index (Phi) is 2.54. The summed E-state index contributed by atoms with van der Waals surface area (Å²) in [4.78, 5) is 19.3. The minimum absolute atomic E-state index is 0.640. The van der Waals surface area contributed by atoms with E-state index in [1.807, 2.05) is 25.1 Å². The van der Waals surface area contributed by atoms with Gasteiger partial charge in [0.15, 0.2) is 6.29 Å². The van der Waals surface area contributed by atoms with E-state index in [0.717, 1.165) is 23.2 Å². The number of aldehydes is 1. The highest BCUT2D eigenvalue weighted by atomic mass is 16.1. The third-order valence-corrected chi connectivity index (χ3v) is 2.22. The first-order valence-electron chi connectivity index (χ1n) is 4.65. The minimum atomic E-state index is 0.640. The molecule has 0 fully saturated rings. The lowest BCUT2D eigenvalue weighted by molar-refractivity contribution is 0.112. The second-order valence-corrected chi connectivity index (χ2v) is 3.20. The molecule has 0 N–H and O–H groups in total. The molecular weight excluding hydrogens is 188 g/mol. The molecule has 74 valence electrons. The molecule has 15 heavy (non-hydrogen) atoms. The average Bonchev–Trinajstić information content (AvgIpc) is 2.30. The van der Waals surface area contributed by atoms with Gasteiger partial charge in [0, 0.05) is 23.5 Å². The Labute approximate surface area is 87.8 Å². The average molecular weight is 198 g/mol. The molecule has 0 atom stereocenters. The van der Waals surface area contributed by atoms with Crippen LogP contribution in [0.4, 0.5) is 0 Å². The first-order chi connectivity index (χ1) is 7.33. The number of carbonyl (C=O) groups is 1. The van der Waals surface area contributed by atoms with Gasteiger partial charge in [0.2, 0.25) is 0 Å². The largest absolute Gasteiger partial charge is 0.298 e. The van der Waals surface area contributed by atoms with Crippen molar-refractivity contribution in [2.45, 2.75) is 6.92 Å². The summed E-state index contributed by atoms with van der Waals surface area (Å²) >= 11 is 0. The predicted molar refractivity (Wildman–Crippen MR) is 57.6 cm³/mol. The number of benzene rings is 1. The summed E-state index contributed by atoms with van der Waals surface area (Å²) in [6, 6.07) is 7.37. The smallest absolute Gasteiger partial charge is 0.150 e. The Balaban J connectivity index is 2.64. The van der Waals surface area contributed by atoms with Gasteiger partial charge in [-0.05, 0) is 6.92 Å². The van der Waals surface area contributed by atoms with E-state index in [1.165, 1.54) is 0 Å². The topological polar surface area (TPSA) is 42.9 Å². The first-order valence-corrected chi connectivity index (χ1v) is 4.65. The van der Waals surface area contributed by atoms with Crippen LogP contribution in [0, 0.1) is 6.92 Å². The van der Waals surface area contributed by atoms with Gasteiger partial charge < -0.3 is 0 Å². The van der Waals surface area contributed by atoms with Crippen molar-refractivity contribution in [3.63, 3.8) is 0 Å². The Morgan fingerprint density at radius 3 is 2.60 bits per heavy atom. The summed E-state index contributed by atoms with van der Waals surface area (Å²) in [5.74, 6) is 0. The fourth-order valence-electron chi connectivity index (χ4n) is 1.49. The number of aromatic nitrogens is 2. The molecule has 3 heteroatoms. The molecule has 3 nitrogen and oxygen atoms in total. The molecule has 0 aliphatic carbocycles.